The van der Waals surface area contributed by atoms with Gasteiger partial charge in [0.25, 0.3) is 5.91 Å². The standard InChI is InChI=1S/C18H14N2O/c19-18(21)15-12-14-8-4-5-9-16(14)20-17(15)11-10-13-6-2-1-3-7-13/h1-12H,(H2,19,21). The number of pyridine rings is 1. The number of para-hydroxylation sites is 1. The Bertz CT molecular complexity index is 823. The third-order valence-electron chi connectivity index (χ3n) is 3.25. The van der Waals surface area contributed by atoms with E-state index < -0.39 is 5.91 Å². The number of nitrogens with zero attached hydrogens (tertiary/aromatic N) is 1. The van der Waals surface area contributed by atoms with Crippen LogP contribution in [-0.4, -0.2) is 10.9 Å². The third-order valence-corrected chi connectivity index (χ3v) is 3.25. The number of amides is 1. The maximum absolute atomic E-state index is 11.6. The van der Waals surface area contributed by atoms with Gasteiger partial charge in [-0.3, -0.25) is 4.79 Å². The summed E-state index contributed by atoms with van der Waals surface area (Å²) in [4.78, 5) is 16.1. The van der Waals surface area contributed by atoms with Gasteiger partial charge in [0.2, 0.25) is 0 Å². The highest BCUT2D eigenvalue weighted by Gasteiger charge is 2.09. The summed E-state index contributed by atoms with van der Waals surface area (Å²) >= 11 is 0. The molecule has 1 heterocycles. The van der Waals surface area contributed by atoms with E-state index in [-0.39, 0.29) is 0 Å². The summed E-state index contributed by atoms with van der Waals surface area (Å²) in [6.45, 7) is 0. The lowest BCUT2D eigenvalue weighted by Gasteiger charge is -2.04. The normalized spacial score (nSPS) is 11.0. The molecule has 3 aromatic rings. The van der Waals surface area contributed by atoms with E-state index in [2.05, 4.69) is 4.98 Å². The van der Waals surface area contributed by atoms with Crippen LogP contribution >= 0.6 is 0 Å². The van der Waals surface area contributed by atoms with Crippen LogP contribution in [0.15, 0.2) is 60.7 Å². The number of benzene rings is 2. The first-order valence-corrected chi connectivity index (χ1v) is 6.67. The summed E-state index contributed by atoms with van der Waals surface area (Å²) in [5, 5.41) is 0.906. The minimum atomic E-state index is -0.471. The van der Waals surface area contributed by atoms with Gasteiger partial charge in [-0.05, 0) is 23.8 Å². The van der Waals surface area contributed by atoms with Crippen molar-refractivity contribution in [1.29, 1.82) is 0 Å². The van der Waals surface area contributed by atoms with Crippen LogP contribution in [0.1, 0.15) is 21.6 Å². The Morgan fingerprint density at radius 2 is 1.67 bits per heavy atom. The monoisotopic (exact) mass is 274 g/mol. The summed E-state index contributed by atoms with van der Waals surface area (Å²) < 4.78 is 0. The van der Waals surface area contributed by atoms with Crippen LogP contribution < -0.4 is 5.73 Å². The van der Waals surface area contributed by atoms with Gasteiger partial charge in [0.1, 0.15) is 0 Å². The van der Waals surface area contributed by atoms with Gasteiger partial charge >= 0.3 is 0 Å². The molecule has 2 aromatic carbocycles. The van der Waals surface area contributed by atoms with Crippen LogP contribution in [-0.2, 0) is 0 Å². The van der Waals surface area contributed by atoms with Crippen molar-refractivity contribution in [1.82, 2.24) is 4.98 Å². The number of rotatable bonds is 3. The van der Waals surface area contributed by atoms with Gasteiger partial charge in [-0.2, -0.15) is 0 Å². The van der Waals surface area contributed by atoms with Crippen molar-refractivity contribution in [2.24, 2.45) is 5.73 Å². The molecular formula is C18H14N2O. The van der Waals surface area contributed by atoms with Crippen molar-refractivity contribution in [2.75, 3.05) is 0 Å². The average molecular weight is 274 g/mol. The van der Waals surface area contributed by atoms with E-state index in [1.165, 1.54) is 0 Å². The predicted molar refractivity (Wildman–Crippen MR) is 85.6 cm³/mol. The number of carbonyl (C=O) groups excluding carboxylic acids is 1. The van der Waals surface area contributed by atoms with E-state index in [0.717, 1.165) is 16.5 Å². The molecule has 0 bridgehead atoms. The van der Waals surface area contributed by atoms with Gasteiger partial charge in [-0.15, -0.1) is 0 Å². The Labute approximate surface area is 122 Å². The fourth-order valence-electron chi connectivity index (χ4n) is 2.19. The molecule has 21 heavy (non-hydrogen) atoms. The Balaban J connectivity index is 2.10. The molecule has 3 heteroatoms. The van der Waals surface area contributed by atoms with E-state index in [1.54, 1.807) is 6.07 Å². The first kappa shape index (κ1) is 13.1. The van der Waals surface area contributed by atoms with Gasteiger partial charge in [0.15, 0.2) is 0 Å². The van der Waals surface area contributed by atoms with Crippen LogP contribution in [0.25, 0.3) is 23.1 Å². The average Bonchev–Trinajstić information content (AvgIpc) is 2.53. The van der Waals surface area contributed by atoms with E-state index >= 15 is 0 Å². The van der Waals surface area contributed by atoms with Gasteiger partial charge < -0.3 is 5.73 Å². The Morgan fingerprint density at radius 1 is 0.952 bits per heavy atom. The Kier molecular flexibility index (Phi) is 3.48. The Hall–Kier alpha value is -2.94. The second-order valence-electron chi connectivity index (χ2n) is 4.72. The number of fused-ring (bicyclic) bond motifs is 1. The second kappa shape index (κ2) is 5.59. The lowest BCUT2D eigenvalue weighted by atomic mass is 10.1. The predicted octanol–water partition coefficient (Wildman–Crippen LogP) is 3.50. The molecular weight excluding hydrogens is 260 g/mol. The topological polar surface area (TPSA) is 56.0 Å². The molecule has 3 nitrogen and oxygen atoms in total. The molecule has 0 aliphatic rings. The smallest absolute Gasteiger partial charge is 0.250 e. The first-order valence-electron chi connectivity index (χ1n) is 6.67. The number of nitrogens with two attached hydrogens (primary N) is 1. The summed E-state index contributed by atoms with van der Waals surface area (Å²) in [5.74, 6) is -0.471. The maximum Gasteiger partial charge on any atom is 0.250 e. The minimum absolute atomic E-state index is 0.431. The number of carbonyl (C=O) groups is 1. The highest BCUT2D eigenvalue weighted by atomic mass is 16.1. The van der Waals surface area contributed by atoms with Crippen molar-refractivity contribution in [3.05, 3.63) is 77.5 Å². The van der Waals surface area contributed by atoms with E-state index in [0.29, 0.717) is 11.3 Å². The van der Waals surface area contributed by atoms with Crippen molar-refractivity contribution in [3.8, 4) is 0 Å². The van der Waals surface area contributed by atoms with Gasteiger partial charge in [0, 0.05) is 5.39 Å². The lowest BCUT2D eigenvalue weighted by molar-refractivity contribution is 0.1000. The maximum atomic E-state index is 11.6. The largest absolute Gasteiger partial charge is 0.366 e. The molecule has 0 aliphatic heterocycles. The molecule has 1 amide bonds. The van der Waals surface area contributed by atoms with Gasteiger partial charge in [-0.25, -0.2) is 4.98 Å². The SMILES string of the molecule is NC(=O)c1cc2ccccc2nc1C=Cc1ccccc1. The van der Waals surface area contributed by atoms with Crippen molar-refractivity contribution in [3.63, 3.8) is 0 Å². The van der Waals surface area contributed by atoms with Crippen LogP contribution in [0, 0.1) is 0 Å². The number of aromatic nitrogens is 1. The summed E-state index contributed by atoms with van der Waals surface area (Å²) in [6.07, 6.45) is 3.74. The molecule has 2 N–H and O–H groups in total. The van der Waals surface area contributed by atoms with Crippen molar-refractivity contribution in [2.45, 2.75) is 0 Å². The van der Waals surface area contributed by atoms with Crippen molar-refractivity contribution < 1.29 is 4.79 Å². The number of hydrogen-bond acceptors (Lipinski definition) is 2. The molecule has 0 aliphatic carbocycles. The minimum Gasteiger partial charge on any atom is -0.366 e. The molecule has 1 aromatic heterocycles. The quantitative estimate of drug-likeness (QED) is 0.794. The van der Waals surface area contributed by atoms with Crippen LogP contribution in [0.5, 0.6) is 0 Å². The lowest BCUT2D eigenvalue weighted by Crippen LogP contribution is -2.13. The van der Waals surface area contributed by atoms with Gasteiger partial charge in [0.05, 0.1) is 16.8 Å². The first-order chi connectivity index (χ1) is 10.2. The molecule has 0 spiro atoms. The third kappa shape index (κ3) is 2.82. The molecule has 0 fully saturated rings. The molecule has 3 rings (SSSR count). The van der Waals surface area contributed by atoms with Crippen molar-refractivity contribution >= 4 is 29.0 Å². The molecule has 0 saturated heterocycles. The fourth-order valence-corrected chi connectivity index (χ4v) is 2.19. The van der Waals surface area contributed by atoms with Crippen LogP contribution in [0.4, 0.5) is 0 Å². The molecule has 0 radical (unpaired) electrons. The number of hydrogen-bond donors (Lipinski definition) is 1. The zero-order valence-corrected chi connectivity index (χ0v) is 11.4. The highest BCUT2D eigenvalue weighted by Crippen LogP contribution is 2.18. The molecule has 0 unspecified atom stereocenters. The summed E-state index contributed by atoms with van der Waals surface area (Å²) in [6, 6.07) is 19.3. The highest BCUT2D eigenvalue weighted by molar-refractivity contribution is 6.00. The van der Waals surface area contributed by atoms with E-state index in [4.69, 9.17) is 5.73 Å². The zero-order valence-electron chi connectivity index (χ0n) is 11.4. The van der Waals surface area contributed by atoms with E-state index in [1.807, 2.05) is 66.7 Å². The fraction of sp³-hybridized carbons (Fsp3) is 0. The zero-order chi connectivity index (χ0) is 14.7. The molecule has 102 valence electrons. The van der Waals surface area contributed by atoms with Crippen LogP contribution in [0.3, 0.4) is 0 Å². The summed E-state index contributed by atoms with van der Waals surface area (Å²) in [5.41, 5.74) is 8.37. The molecule has 0 atom stereocenters. The van der Waals surface area contributed by atoms with E-state index in [9.17, 15) is 4.79 Å². The van der Waals surface area contributed by atoms with Crippen LogP contribution in [0.2, 0.25) is 0 Å². The Morgan fingerprint density at radius 3 is 2.43 bits per heavy atom. The number of primary amides is 1. The molecule has 0 saturated carbocycles. The second-order valence-corrected chi connectivity index (χ2v) is 4.72. The van der Waals surface area contributed by atoms with Gasteiger partial charge in [-0.1, -0.05) is 54.6 Å². The summed E-state index contributed by atoms with van der Waals surface area (Å²) in [7, 11) is 0.